The molecule has 0 saturated carbocycles. The molecule has 0 spiro atoms. The fourth-order valence-corrected chi connectivity index (χ4v) is 0.862. The van der Waals surface area contributed by atoms with Crippen molar-refractivity contribution in [2.24, 2.45) is 5.92 Å². The van der Waals surface area contributed by atoms with Gasteiger partial charge in [0.15, 0.2) is 0 Å². The molecule has 0 N–H and O–H groups in total. The highest BCUT2D eigenvalue weighted by Crippen LogP contribution is 2.15. The van der Waals surface area contributed by atoms with Crippen LogP contribution in [0.2, 0.25) is 0 Å². The summed E-state index contributed by atoms with van der Waals surface area (Å²) in [7, 11) is 0. The molecule has 74 valence electrons. The SMILES string of the molecule is CC/C=C\C(=C(\C)C(C)C)[N+](=O)[O-]. The van der Waals surface area contributed by atoms with E-state index < -0.39 is 0 Å². The van der Waals surface area contributed by atoms with E-state index in [0.717, 1.165) is 12.0 Å². The van der Waals surface area contributed by atoms with Crippen LogP contribution in [0.5, 0.6) is 0 Å². The van der Waals surface area contributed by atoms with Crippen molar-refractivity contribution in [3.63, 3.8) is 0 Å². The zero-order valence-corrected chi connectivity index (χ0v) is 8.70. The van der Waals surface area contributed by atoms with Crippen molar-refractivity contribution in [1.29, 1.82) is 0 Å². The van der Waals surface area contributed by atoms with Crippen LogP contribution in [0.4, 0.5) is 0 Å². The Bertz CT molecular complexity index is 239. The summed E-state index contributed by atoms with van der Waals surface area (Å²) in [4.78, 5) is 10.3. The van der Waals surface area contributed by atoms with Gasteiger partial charge >= 0.3 is 0 Å². The second-order valence-electron chi connectivity index (χ2n) is 3.29. The van der Waals surface area contributed by atoms with Crippen LogP contribution >= 0.6 is 0 Å². The molecule has 0 aromatic carbocycles. The Morgan fingerprint density at radius 2 is 2.08 bits per heavy atom. The fraction of sp³-hybridized carbons (Fsp3) is 0.600. The van der Waals surface area contributed by atoms with Gasteiger partial charge in [0, 0.05) is 11.6 Å². The molecular formula is C10H17NO2. The van der Waals surface area contributed by atoms with E-state index in [0.29, 0.717) is 0 Å². The lowest BCUT2D eigenvalue weighted by atomic mass is 10.0. The van der Waals surface area contributed by atoms with Gasteiger partial charge in [-0.25, -0.2) is 0 Å². The Kier molecular flexibility index (Phi) is 5.04. The summed E-state index contributed by atoms with van der Waals surface area (Å²) in [5, 5.41) is 10.6. The zero-order chi connectivity index (χ0) is 10.4. The maximum atomic E-state index is 10.6. The molecule has 0 atom stereocenters. The first kappa shape index (κ1) is 11.9. The van der Waals surface area contributed by atoms with Crippen molar-refractivity contribution in [2.45, 2.75) is 34.1 Å². The fourth-order valence-electron chi connectivity index (χ4n) is 0.862. The van der Waals surface area contributed by atoms with Gasteiger partial charge in [-0.1, -0.05) is 26.8 Å². The van der Waals surface area contributed by atoms with Crippen molar-refractivity contribution in [3.05, 3.63) is 33.5 Å². The lowest BCUT2D eigenvalue weighted by Gasteiger charge is -2.04. The van der Waals surface area contributed by atoms with Crippen LogP contribution in [0.15, 0.2) is 23.4 Å². The minimum atomic E-state index is -0.318. The van der Waals surface area contributed by atoms with Crippen LogP contribution in [0.1, 0.15) is 34.1 Å². The van der Waals surface area contributed by atoms with E-state index in [4.69, 9.17) is 0 Å². The predicted molar refractivity (Wildman–Crippen MR) is 54.0 cm³/mol. The Labute approximate surface area is 79.3 Å². The average molecular weight is 183 g/mol. The molecule has 0 heterocycles. The Morgan fingerprint density at radius 3 is 2.38 bits per heavy atom. The van der Waals surface area contributed by atoms with Gasteiger partial charge in [-0.2, -0.15) is 0 Å². The van der Waals surface area contributed by atoms with Crippen molar-refractivity contribution < 1.29 is 4.92 Å². The third-order valence-corrected chi connectivity index (χ3v) is 1.98. The average Bonchev–Trinajstić information content (AvgIpc) is 2.04. The summed E-state index contributed by atoms with van der Waals surface area (Å²) in [6.07, 6.45) is 4.22. The summed E-state index contributed by atoms with van der Waals surface area (Å²) in [5.41, 5.74) is 1.06. The van der Waals surface area contributed by atoms with Crippen molar-refractivity contribution >= 4 is 0 Å². The third kappa shape index (κ3) is 3.87. The van der Waals surface area contributed by atoms with Gasteiger partial charge in [0.1, 0.15) is 0 Å². The van der Waals surface area contributed by atoms with Gasteiger partial charge in [-0.05, 0) is 19.3 Å². The van der Waals surface area contributed by atoms with E-state index in [1.165, 1.54) is 0 Å². The molecule has 3 heteroatoms. The Hall–Kier alpha value is -1.12. The first-order chi connectivity index (χ1) is 6.00. The highest BCUT2D eigenvalue weighted by Gasteiger charge is 2.13. The van der Waals surface area contributed by atoms with E-state index in [9.17, 15) is 10.1 Å². The monoisotopic (exact) mass is 183 g/mol. The minimum Gasteiger partial charge on any atom is -0.258 e. The quantitative estimate of drug-likeness (QED) is 0.381. The molecular weight excluding hydrogens is 166 g/mol. The molecule has 3 nitrogen and oxygen atoms in total. The molecule has 0 radical (unpaired) electrons. The van der Waals surface area contributed by atoms with E-state index in [1.54, 1.807) is 6.08 Å². The van der Waals surface area contributed by atoms with Crippen molar-refractivity contribution in [1.82, 2.24) is 0 Å². The van der Waals surface area contributed by atoms with Gasteiger partial charge in [0.05, 0.1) is 4.92 Å². The Balaban J connectivity index is 4.89. The number of hydrogen-bond donors (Lipinski definition) is 0. The molecule has 0 aliphatic carbocycles. The number of rotatable bonds is 4. The van der Waals surface area contributed by atoms with E-state index in [2.05, 4.69) is 0 Å². The van der Waals surface area contributed by atoms with Crippen LogP contribution < -0.4 is 0 Å². The summed E-state index contributed by atoms with van der Waals surface area (Å²) in [6.45, 7) is 7.68. The van der Waals surface area contributed by atoms with Crippen LogP contribution in [-0.4, -0.2) is 4.92 Å². The number of nitrogens with zero attached hydrogens (tertiary/aromatic N) is 1. The van der Waals surface area contributed by atoms with Gasteiger partial charge in [-0.3, -0.25) is 10.1 Å². The second-order valence-corrected chi connectivity index (χ2v) is 3.29. The molecule has 0 unspecified atom stereocenters. The van der Waals surface area contributed by atoms with Crippen LogP contribution in [0, 0.1) is 16.0 Å². The second kappa shape index (κ2) is 5.51. The number of allylic oxidation sites excluding steroid dienone is 3. The van der Waals surface area contributed by atoms with Crippen molar-refractivity contribution in [3.8, 4) is 0 Å². The zero-order valence-electron chi connectivity index (χ0n) is 8.70. The molecule has 0 saturated heterocycles. The largest absolute Gasteiger partial charge is 0.268 e. The lowest BCUT2D eigenvalue weighted by molar-refractivity contribution is -0.420. The first-order valence-corrected chi connectivity index (χ1v) is 4.52. The molecule has 0 rings (SSSR count). The minimum absolute atomic E-state index is 0.224. The third-order valence-electron chi connectivity index (χ3n) is 1.98. The molecule has 0 aromatic heterocycles. The van der Waals surface area contributed by atoms with Crippen LogP contribution in [-0.2, 0) is 0 Å². The maximum Gasteiger partial charge on any atom is 0.268 e. The summed E-state index contributed by atoms with van der Waals surface area (Å²) >= 11 is 0. The van der Waals surface area contributed by atoms with Gasteiger partial charge in [-0.15, -0.1) is 0 Å². The molecule has 13 heavy (non-hydrogen) atoms. The van der Waals surface area contributed by atoms with Crippen LogP contribution in [0.3, 0.4) is 0 Å². The summed E-state index contributed by atoms with van der Waals surface area (Å²) in [5.74, 6) is 0.224. The molecule has 0 aromatic rings. The highest BCUT2D eigenvalue weighted by atomic mass is 16.6. The number of hydrogen-bond acceptors (Lipinski definition) is 2. The molecule has 0 bridgehead atoms. The van der Waals surface area contributed by atoms with E-state index in [-0.39, 0.29) is 16.5 Å². The highest BCUT2D eigenvalue weighted by molar-refractivity contribution is 5.18. The van der Waals surface area contributed by atoms with Crippen LogP contribution in [0.25, 0.3) is 0 Å². The van der Waals surface area contributed by atoms with Gasteiger partial charge in [0.25, 0.3) is 5.70 Å². The summed E-state index contributed by atoms with van der Waals surface area (Å²) < 4.78 is 0. The Morgan fingerprint density at radius 1 is 1.54 bits per heavy atom. The molecule has 0 aliphatic rings. The predicted octanol–water partition coefficient (Wildman–Crippen LogP) is 3.16. The number of nitro groups is 1. The smallest absolute Gasteiger partial charge is 0.258 e. The van der Waals surface area contributed by atoms with Gasteiger partial charge in [0.2, 0.25) is 0 Å². The van der Waals surface area contributed by atoms with Gasteiger partial charge < -0.3 is 0 Å². The normalized spacial score (nSPS) is 13.6. The van der Waals surface area contributed by atoms with Crippen molar-refractivity contribution in [2.75, 3.05) is 0 Å². The standard InChI is InChI=1S/C10H17NO2/c1-5-6-7-10(11(12)13)9(4)8(2)3/h6-8H,5H2,1-4H3/b7-6-,10-9+. The maximum absolute atomic E-state index is 10.6. The summed E-state index contributed by atoms with van der Waals surface area (Å²) in [6, 6.07) is 0. The van der Waals surface area contributed by atoms with E-state index >= 15 is 0 Å². The first-order valence-electron chi connectivity index (χ1n) is 4.52. The molecule has 0 fully saturated rings. The molecule has 0 amide bonds. The topological polar surface area (TPSA) is 43.1 Å². The molecule has 0 aliphatic heterocycles. The lowest BCUT2D eigenvalue weighted by Crippen LogP contribution is -2.03. The van der Waals surface area contributed by atoms with E-state index in [1.807, 2.05) is 33.8 Å².